The van der Waals surface area contributed by atoms with E-state index in [4.69, 9.17) is 6.42 Å². The molecule has 0 aromatic carbocycles. The quantitative estimate of drug-likeness (QED) is 0.437. The normalized spacial score (nSPS) is 10.4. The van der Waals surface area contributed by atoms with Crippen molar-refractivity contribution in [2.24, 2.45) is 0 Å². The molecule has 0 bridgehead atoms. The van der Waals surface area contributed by atoms with Crippen LogP contribution in [0.4, 0.5) is 0 Å². The molecule has 2 aliphatic carbocycles. The summed E-state index contributed by atoms with van der Waals surface area (Å²) in [5.74, 6) is 2.44. The van der Waals surface area contributed by atoms with Gasteiger partial charge in [-0.3, -0.25) is 0 Å². The minimum absolute atomic E-state index is 0.615. The van der Waals surface area contributed by atoms with Crippen LogP contribution in [-0.4, -0.2) is 14.6 Å². The van der Waals surface area contributed by atoms with Crippen LogP contribution in [0.2, 0.25) is 0 Å². The second-order valence-corrected chi connectivity index (χ2v) is 4.18. The molecule has 0 radical (unpaired) electrons. The fraction of sp³-hybridized carbons (Fsp3) is 0.0667. The Bertz CT molecular complexity index is 709. The van der Waals surface area contributed by atoms with Gasteiger partial charge >= 0.3 is 0 Å². The van der Waals surface area contributed by atoms with Crippen LogP contribution in [0.15, 0.2) is 42.7 Å². The van der Waals surface area contributed by atoms with Gasteiger partial charge in [0.05, 0.1) is 0 Å². The molecular weight excluding hydrogens is 222 g/mol. The van der Waals surface area contributed by atoms with Crippen LogP contribution in [0.3, 0.4) is 0 Å². The van der Waals surface area contributed by atoms with Crippen LogP contribution in [0.1, 0.15) is 11.3 Å². The molecule has 0 amide bonds. The highest BCUT2D eigenvalue weighted by Gasteiger charge is 2.10. The fourth-order valence-corrected chi connectivity index (χ4v) is 1.81. The lowest BCUT2D eigenvalue weighted by Gasteiger charge is -1.85. The van der Waals surface area contributed by atoms with Crippen molar-refractivity contribution in [2.75, 3.05) is 0 Å². The highest BCUT2D eigenvalue weighted by molar-refractivity contribution is 5.82. The number of hydrogen-bond acceptors (Lipinski definition) is 2. The highest BCUT2D eigenvalue weighted by atomic mass is 15.2. The van der Waals surface area contributed by atoms with Gasteiger partial charge in [0.1, 0.15) is 5.69 Å². The van der Waals surface area contributed by atoms with E-state index in [1.54, 1.807) is 22.8 Å². The summed E-state index contributed by atoms with van der Waals surface area (Å²) in [7, 11) is 0. The van der Waals surface area contributed by atoms with Gasteiger partial charge in [-0.2, -0.15) is 5.10 Å². The van der Waals surface area contributed by atoms with Crippen LogP contribution in [-0.2, 0) is 0 Å². The summed E-state index contributed by atoms with van der Waals surface area (Å²) in [6.07, 6.45) is 8.67. The average molecular weight is 233 g/mol. The lowest BCUT2D eigenvalue weighted by Crippen LogP contribution is -1.86. The second kappa shape index (κ2) is 4.01. The molecule has 3 nitrogen and oxygen atoms in total. The predicted octanol–water partition coefficient (Wildman–Crippen LogP) is 2.69. The van der Waals surface area contributed by atoms with Gasteiger partial charge in [0.15, 0.2) is 5.65 Å². The first kappa shape index (κ1) is 10.5. The average Bonchev–Trinajstić information content (AvgIpc) is 2.85. The van der Waals surface area contributed by atoms with Crippen molar-refractivity contribution < 1.29 is 0 Å². The Hall–Kier alpha value is -2.60. The summed E-state index contributed by atoms with van der Waals surface area (Å²) in [6, 6.07) is 10.2. The maximum absolute atomic E-state index is 5.16. The zero-order valence-corrected chi connectivity index (χ0v) is 9.96. The van der Waals surface area contributed by atoms with Crippen molar-refractivity contribution in [1.29, 1.82) is 0 Å². The molecule has 0 N–H and O–H groups in total. The second-order valence-electron chi connectivity index (χ2n) is 4.18. The fourth-order valence-electron chi connectivity index (χ4n) is 1.81. The van der Waals surface area contributed by atoms with E-state index in [1.165, 1.54) is 16.7 Å². The monoisotopic (exact) mass is 233 g/mol. The lowest BCUT2D eigenvalue weighted by molar-refractivity contribution is 0.932. The van der Waals surface area contributed by atoms with Crippen molar-refractivity contribution in [3.63, 3.8) is 0 Å². The van der Waals surface area contributed by atoms with Gasteiger partial charge in [-0.1, -0.05) is 12.1 Å². The molecule has 4 rings (SSSR count). The Morgan fingerprint density at radius 2 is 1.94 bits per heavy atom. The molecule has 0 saturated carbocycles. The van der Waals surface area contributed by atoms with Gasteiger partial charge in [-0.25, -0.2) is 9.50 Å². The van der Waals surface area contributed by atoms with E-state index in [2.05, 4.69) is 41.1 Å². The van der Waals surface area contributed by atoms with Crippen LogP contribution in [0.25, 0.3) is 16.8 Å². The van der Waals surface area contributed by atoms with Crippen LogP contribution in [0.5, 0.6) is 0 Å². The van der Waals surface area contributed by atoms with Crippen molar-refractivity contribution in [2.45, 2.75) is 6.92 Å². The van der Waals surface area contributed by atoms with Crippen LogP contribution >= 0.6 is 0 Å². The van der Waals surface area contributed by atoms with E-state index in [0.717, 1.165) is 5.65 Å². The summed E-state index contributed by atoms with van der Waals surface area (Å²) in [5.41, 5.74) is 5.67. The van der Waals surface area contributed by atoms with Gasteiger partial charge in [0, 0.05) is 18.5 Å². The number of nitrogens with zero attached hydrogens (tertiary/aromatic N) is 3. The minimum Gasteiger partial charge on any atom is -0.237 e. The first-order valence-electron chi connectivity index (χ1n) is 5.65. The molecule has 0 unspecified atom stereocenters. The summed E-state index contributed by atoms with van der Waals surface area (Å²) in [5, 5.41) is 4.05. The smallest absolute Gasteiger partial charge is 0.156 e. The molecule has 18 heavy (non-hydrogen) atoms. The van der Waals surface area contributed by atoms with Crippen molar-refractivity contribution in [3.8, 4) is 23.5 Å². The molecule has 0 spiro atoms. The topological polar surface area (TPSA) is 30.2 Å². The van der Waals surface area contributed by atoms with E-state index in [1.807, 2.05) is 6.20 Å². The zero-order valence-electron chi connectivity index (χ0n) is 9.96. The van der Waals surface area contributed by atoms with Crippen molar-refractivity contribution in [1.82, 2.24) is 14.6 Å². The standard InChI is InChI=1S/C8H5N3.C7H6/c1-2-7-6-8-9-4-3-5-11(8)10-7;1-5-2-6-4-7(6)3-5/h1,3-6H;2-4H,1H3. The molecule has 0 aliphatic heterocycles. The largest absolute Gasteiger partial charge is 0.237 e. The SMILES string of the molecule is C#Cc1cc2ncccn2n1.Cc1cc2cc-2c1. The van der Waals surface area contributed by atoms with E-state index >= 15 is 0 Å². The molecule has 2 aromatic heterocycles. The molecule has 0 fully saturated rings. The third-order valence-corrected chi connectivity index (χ3v) is 2.71. The number of benzene rings is 1. The Labute approximate surface area is 105 Å². The highest BCUT2D eigenvalue weighted by Crippen LogP contribution is 2.35. The molecule has 0 atom stereocenters. The number of aryl methyl sites for hydroxylation is 1. The van der Waals surface area contributed by atoms with Crippen molar-refractivity contribution in [3.05, 3.63) is 54.0 Å². The zero-order chi connectivity index (χ0) is 12.5. The third-order valence-electron chi connectivity index (χ3n) is 2.71. The van der Waals surface area contributed by atoms with Crippen LogP contribution < -0.4 is 0 Å². The summed E-state index contributed by atoms with van der Waals surface area (Å²) in [4.78, 5) is 4.05. The maximum Gasteiger partial charge on any atom is 0.156 e. The summed E-state index contributed by atoms with van der Waals surface area (Å²) < 4.78 is 1.65. The van der Waals surface area contributed by atoms with Gasteiger partial charge in [-0.05, 0) is 41.7 Å². The molecule has 2 aliphatic rings. The molecule has 86 valence electrons. The molecule has 0 saturated heterocycles. The number of terminal acetylenes is 1. The Morgan fingerprint density at radius 3 is 2.50 bits per heavy atom. The van der Waals surface area contributed by atoms with Gasteiger partial charge < -0.3 is 0 Å². The van der Waals surface area contributed by atoms with Crippen LogP contribution in [0, 0.1) is 19.3 Å². The molecule has 3 heteroatoms. The van der Waals surface area contributed by atoms with E-state index in [9.17, 15) is 0 Å². The lowest BCUT2D eigenvalue weighted by atomic mass is 10.4. The first-order chi connectivity index (χ1) is 8.76. The first-order valence-corrected chi connectivity index (χ1v) is 5.65. The van der Waals surface area contributed by atoms with Gasteiger partial charge in [0.25, 0.3) is 0 Å². The Kier molecular flexibility index (Phi) is 2.35. The van der Waals surface area contributed by atoms with Gasteiger partial charge in [0.2, 0.25) is 0 Å². The van der Waals surface area contributed by atoms with E-state index < -0.39 is 0 Å². The predicted molar refractivity (Wildman–Crippen MR) is 71.1 cm³/mol. The Balaban J connectivity index is 0.000000122. The number of aromatic nitrogens is 3. The Morgan fingerprint density at radius 1 is 1.17 bits per heavy atom. The number of fused-ring (bicyclic) bond motifs is 2. The third kappa shape index (κ3) is 1.96. The van der Waals surface area contributed by atoms with Crippen molar-refractivity contribution >= 4 is 5.65 Å². The number of hydrogen-bond donors (Lipinski definition) is 0. The van der Waals surface area contributed by atoms with E-state index in [0.29, 0.717) is 5.69 Å². The van der Waals surface area contributed by atoms with E-state index in [-0.39, 0.29) is 0 Å². The summed E-state index contributed by atoms with van der Waals surface area (Å²) >= 11 is 0. The van der Waals surface area contributed by atoms with Gasteiger partial charge in [-0.15, -0.1) is 6.42 Å². The minimum atomic E-state index is 0.615. The summed E-state index contributed by atoms with van der Waals surface area (Å²) in [6.45, 7) is 2.12. The molecule has 2 aromatic rings. The maximum atomic E-state index is 5.16. The molecular formula is C15H11N3. The molecule has 2 heterocycles. The number of rotatable bonds is 0.